The van der Waals surface area contributed by atoms with Gasteiger partial charge in [-0.2, -0.15) is 13.2 Å². The van der Waals surface area contributed by atoms with E-state index in [0.717, 1.165) is 5.57 Å². The average molecular weight is 195 g/mol. The fourth-order valence-electron chi connectivity index (χ4n) is 1.02. The van der Waals surface area contributed by atoms with Crippen molar-refractivity contribution in [3.05, 3.63) is 12.2 Å². The first-order valence-electron chi connectivity index (χ1n) is 4.32. The van der Waals surface area contributed by atoms with Crippen molar-refractivity contribution < 1.29 is 13.2 Å². The van der Waals surface area contributed by atoms with Crippen molar-refractivity contribution in [3.63, 3.8) is 0 Å². The molecule has 78 valence electrons. The lowest BCUT2D eigenvalue weighted by atomic mass is 10.1. The fraction of sp³-hybridized carbons (Fsp3) is 0.778. The summed E-state index contributed by atoms with van der Waals surface area (Å²) >= 11 is 0. The molecule has 0 aliphatic carbocycles. The van der Waals surface area contributed by atoms with Crippen molar-refractivity contribution >= 4 is 0 Å². The standard InChI is InChI=1S/C9H16F3N/c1-4-13-8(9(10,11)12)6-5-7(2)3/h8,13H,2,4-6H2,1,3H3. The topological polar surface area (TPSA) is 12.0 Å². The number of allylic oxidation sites excluding steroid dienone is 1. The first-order valence-corrected chi connectivity index (χ1v) is 4.32. The smallest absolute Gasteiger partial charge is 0.306 e. The summed E-state index contributed by atoms with van der Waals surface area (Å²) in [6.45, 7) is 7.31. The van der Waals surface area contributed by atoms with Gasteiger partial charge in [0.1, 0.15) is 6.04 Å². The molecule has 1 N–H and O–H groups in total. The van der Waals surface area contributed by atoms with Gasteiger partial charge in [-0.15, -0.1) is 6.58 Å². The van der Waals surface area contributed by atoms with Crippen LogP contribution in [0.4, 0.5) is 13.2 Å². The molecule has 0 saturated heterocycles. The van der Waals surface area contributed by atoms with Gasteiger partial charge >= 0.3 is 6.18 Å². The molecule has 0 radical (unpaired) electrons. The maximum absolute atomic E-state index is 12.3. The van der Waals surface area contributed by atoms with Crippen molar-refractivity contribution in [2.45, 2.75) is 38.9 Å². The van der Waals surface area contributed by atoms with Crippen molar-refractivity contribution in [1.82, 2.24) is 5.32 Å². The third kappa shape index (κ3) is 5.69. The highest BCUT2D eigenvalue weighted by Crippen LogP contribution is 2.24. The number of nitrogens with one attached hydrogen (secondary N) is 1. The van der Waals surface area contributed by atoms with Crippen LogP contribution in [0.2, 0.25) is 0 Å². The summed E-state index contributed by atoms with van der Waals surface area (Å²) in [5.74, 6) is 0. The Morgan fingerprint density at radius 1 is 1.46 bits per heavy atom. The molecule has 1 nitrogen and oxygen atoms in total. The van der Waals surface area contributed by atoms with Gasteiger partial charge in [0.2, 0.25) is 0 Å². The molecule has 0 bridgehead atoms. The lowest BCUT2D eigenvalue weighted by Crippen LogP contribution is -2.42. The molecule has 0 aromatic rings. The summed E-state index contributed by atoms with van der Waals surface area (Å²) in [5, 5.41) is 2.41. The Balaban J connectivity index is 4.02. The van der Waals surface area contributed by atoms with E-state index in [4.69, 9.17) is 0 Å². The van der Waals surface area contributed by atoms with Crippen LogP contribution in [0.15, 0.2) is 12.2 Å². The fourth-order valence-corrected chi connectivity index (χ4v) is 1.02. The van der Waals surface area contributed by atoms with E-state index in [1.807, 2.05) is 0 Å². The van der Waals surface area contributed by atoms with E-state index in [1.54, 1.807) is 13.8 Å². The third-order valence-electron chi connectivity index (χ3n) is 1.71. The predicted octanol–water partition coefficient (Wildman–Crippen LogP) is 2.88. The predicted molar refractivity (Wildman–Crippen MR) is 47.6 cm³/mol. The number of hydrogen-bond donors (Lipinski definition) is 1. The van der Waals surface area contributed by atoms with Gasteiger partial charge in [0.05, 0.1) is 0 Å². The number of rotatable bonds is 5. The van der Waals surface area contributed by atoms with Crippen LogP contribution < -0.4 is 5.32 Å². The molecule has 0 aliphatic heterocycles. The summed E-state index contributed by atoms with van der Waals surface area (Å²) in [5.41, 5.74) is 0.784. The maximum atomic E-state index is 12.3. The van der Waals surface area contributed by atoms with Gasteiger partial charge in [-0.25, -0.2) is 0 Å². The Labute approximate surface area is 77.0 Å². The quantitative estimate of drug-likeness (QED) is 0.665. The average Bonchev–Trinajstić information content (AvgIpc) is 1.95. The second kappa shape index (κ2) is 5.27. The second-order valence-corrected chi connectivity index (χ2v) is 3.15. The van der Waals surface area contributed by atoms with Crippen molar-refractivity contribution in [3.8, 4) is 0 Å². The molecule has 4 heteroatoms. The van der Waals surface area contributed by atoms with Crippen molar-refractivity contribution in [2.75, 3.05) is 6.54 Å². The van der Waals surface area contributed by atoms with Crippen LogP contribution >= 0.6 is 0 Å². The Kier molecular flexibility index (Phi) is 5.06. The molecule has 0 aromatic carbocycles. The molecule has 0 rings (SSSR count). The van der Waals surface area contributed by atoms with Gasteiger partial charge in [0.25, 0.3) is 0 Å². The lowest BCUT2D eigenvalue weighted by molar-refractivity contribution is -0.156. The summed E-state index contributed by atoms with van der Waals surface area (Å²) < 4.78 is 36.8. The Morgan fingerprint density at radius 2 is 2.00 bits per heavy atom. The van der Waals surface area contributed by atoms with Gasteiger partial charge in [0, 0.05) is 0 Å². The van der Waals surface area contributed by atoms with Gasteiger partial charge in [-0.1, -0.05) is 12.5 Å². The molecule has 0 aliphatic rings. The Morgan fingerprint density at radius 3 is 2.31 bits per heavy atom. The van der Waals surface area contributed by atoms with Gasteiger partial charge in [-0.3, -0.25) is 0 Å². The van der Waals surface area contributed by atoms with Gasteiger partial charge in [0.15, 0.2) is 0 Å². The first kappa shape index (κ1) is 12.5. The molecule has 0 aromatic heterocycles. The maximum Gasteiger partial charge on any atom is 0.403 e. The van der Waals surface area contributed by atoms with E-state index >= 15 is 0 Å². The molecule has 0 spiro atoms. The van der Waals surface area contributed by atoms with Crippen LogP contribution in [0.3, 0.4) is 0 Å². The molecule has 0 saturated carbocycles. The van der Waals surface area contributed by atoms with E-state index in [9.17, 15) is 13.2 Å². The molecule has 13 heavy (non-hydrogen) atoms. The number of hydrogen-bond acceptors (Lipinski definition) is 1. The minimum Gasteiger partial charge on any atom is -0.306 e. The van der Waals surface area contributed by atoms with Crippen LogP contribution in [0, 0.1) is 0 Å². The minimum atomic E-state index is -4.15. The van der Waals surface area contributed by atoms with Crippen LogP contribution in [-0.2, 0) is 0 Å². The van der Waals surface area contributed by atoms with E-state index in [0.29, 0.717) is 13.0 Å². The highest BCUT2D eigenvalue weighted by atomic mass is 19.4. The Hall–Kier alpha value is -0.510. The van der Waals surface area contributed by atoms with E-state index in [2.05, 4.69) is 11.9 Å². The molecular formula is C9H16F3N. The summed E-state index contributed by atoms with van der Waals surface area (Å²) in [4.78, 5) is 0. The van der Waals surface area contributed by atoms with Crippen LogP contribution in [0.5, 0.6) is 0 Å². The second-order valence-electron chi connectivity index (χ2n) is 3.15. The summed E-state index contributed by atoms with van der Waals surface area (Å²) in [6.07, 6.45) is -3.66. The Bertz CT molecular complexity index is 163. The molecule has 1 unspecified atom stereocenters. The zero-order chi connectivity index (χ0) is 10.5. The van der Waals surface area contributed by atoms with Gasteiger partial charge < -0.3 is 5.32 Å². The lowest BCUT2D eigenvalue weighted by Gasteiger charge is -2.20. The first-order chi connectivity index (χ1) is 5.88. The van der Waals surface area contributed by atoms with Gasteiger partial charge in [-0.05, 0) is 26.3 Å². The third-order valence-corrected chi connectivity index (χ3v) is 1.71. The monoisotopic (exact) mass is 195 g/mol. The van der Waals surface area contributed by atoms with E-state index in [-0.39, 0.29) is 6.42 Å². The van der Waals surface area contributed by atoms with Crippen molar-refractivity contribution in [1.29, 1.82) is 0 Å². The molecule has 0 amide bonds. The SMILES string of the molecule is C=C(C)CCC(NCC)C(F)(F)F. The number of halogens is 3. The highest BCUT2D eigenvalue weighted by Gasteiger charge is 2.38. The van der Waals surface area contributed by atoms with E-state index in [1.165, 1.54) is 0 Å². The highest BCUT2D eigenvalue weighted by molar-refractivity contribution is 4.90. The minimum absolute atomic E-state index is 0.0761. The van der Waals surface area contributed by atoms with Crippen molar-refractivity contribution in [2.24, 2.45) is 0 Å². The van der Waals surface area contributed by atoms with E-state index < -0.39 is 12.2 Å². The molecular weight excluding hydrogens is 179 g/mol. The molecule has 0 heterocycles. The largest absolute Gasteiger partial charge is 0.403 e. The van der Waals surface area contributed by atoms with Crippen LogP contribution in [0.1, 0.15) is 26.7 Å². The normalized spacial score (nSPS) is 14.2. The molecule has 1 atom stereocenters. The summed E-state index contributed by atoms with van der Waals surface area (Å²) in [6, 6.07) is -1.39. The number of alkyl halides is 3. The van der Waals surface area contributed by atoms with Crippen LogP contribution in [0.25, 0.3) is 0 Å². The zero-order valence-electron chi connectivity index (χ0n) is 8.04. The van der Waals surface area contributed by atoms with Crippen LogP contribution in [-0.4, -0.2) is 18.8 Å². The molecule has 0 fully saturated rings. The summed E-state index contributed by atoms with van der Waals surface area (Å²) in [7, 11) is 0. The zero-order valence-corrected chi connectivity index (χ0v) is 8.04.